The Hall–Kier alpha value is -2.90. The number of benzene rings is 2. The number of ether oxygens (including phenoxy) is 3. The highest BCUT2D eigenvalue weighted by molar-refractivity contribution is 6.01. The predicted octanol–water partition coefficient (Wildman–Crippen LogP) is 2.06. The molecule has 0 aromatic heterocycles. The lowest BCUT2D eigenvalue weighted by molar-refractivity contribution is -0.145. The third kappa shape index (κ3) is 4.68. The van der Waals surface area contributed by atoms with Crippen molar-refractivity contribution in [3.05, 3.63) is 60.2 Å². The van der Waals surface area contributed by atoms with E-state index in [0.29, 0.717) is 24.5 Å². The largest absolute Gasteiger partial charge is 0.467 e. The molecule has 0 aliphatic carbocycles. The number of rotatable bonds is 7. The van der Waals surface area contributed by atoms with Crippen LogP contribution in [0.3, 0.4) is 0 Å². The Morgan fingerprint density at radius 2 is 1.89 bits per heavy atom. The van der Waals surface area contributed by atoms with Crippen molar-refractivity contribution in [2.24, 2.45) is 0 Å². The molecule has 1 aliphatic rings. The maximum Gasteiger partial charge on any atom is 0.330 e. The van der Waals surface area contributed by atoms with E-state index in [9.17, 15) is 9.59 Å². The number of hydrogen-bond donors (Lipinski definition) is 0. The molecule has 1 saturated heterocycles. The van der Waals surface area contributed by atoms with Crippen molar-refractivity contribution in [1.82, 2.24) is 4.90 Å². The van der Waals surface area contributed by atoms with Gasteiger partial charge in [0.05, 0.1) is 13.7 Å². The van der Waals surface area contributed by atoms with Gasteiger partial charge in [-0.3, -0.25) is 14.6 Å². The van der Waals surface area contributed by atoms with Gasteiger partial charge in [0.2, 0.25) is 5.91 Å². The zero-order valence-electron chi connectivity index (χ0n) is 16.0. The molecule has 0 bridgehead atoms. The number of piperazine rings is 1. The second kappa shape index (κ2) is 9.34. The fourth-order valence-corrected chi connectivity index (χ4v) is 3.28. The molecule has 148 valence electrons. The molecule has 0 N–H and O–H groups in total. The van der Waals surface area contributed by atoms with Crippen LogP contribution in [-0.4, -0.2) is 56.9 Å². The van der Waals surface area contributed by atoms with Crippen molar-refractivity contribution in [2.75, 3.05) is 39.0 Å². The van der Waals surface area contributed by atoms with Crippen LogP contribution in [0.5, 0.6) is 5.75 Å². The minimum absolute atomic E-state index is 0.0999. The lowest BCUT2D eigenvalue weighted by atomic mass is 10.1. The van der Waals surface area contributed by atoms with Crippen molar-refractivity contribution in [3.63, 3.8) is 0 Å². The molecule has 1 fully saturated rings. The first-order valence-corrected chi connectivity index (χ1v) is 9.00. The quantitative estimate of drug-likeness (QED) is 0.538. The van der Waals surface area contributed by atoms with Gasteiger partial charge in [-0.15, -0.1) is 0 Å². The third-order valence-corrected chi connectivity index (χ3v) is 4.53. The van der Waals surface area contributed by atoms with E-state index >= 15 is 0 Å². The molecule has 3 rings (SSSR count). The van der Waals surface area contributed by atoms with Crippen molar-refractivity contribution in [3.8, 4) is 5.75 Å². The van der Waals surface area contributed by atoms with E-state index in [2.05, 4.69) is 0 Å². The number of anilines is 1. The van der Waals surface area contributed by atoms with Crippen molar-refractivity contribution in [2.45, 2.75) is 12.6 Å². The second-order valence-electron chi connectivity index (χ2n) is 6.51. The summed E-state index contributed by atoms with van der Waals surface area (Å²) in [7, 11) is 2.87. The van der Waals surface area contributed by atoms with Gasteiger partial charge in [-0.25, -0.2) is 4.79 Å². The average Bonchev–Trinajstić information content (AvgIpc) is 2.72. The van der Waals surface area contributed by atoms with Crippen molar-refractivity contribution in [1.29, 1.82) is 0 Å². The smallest absolute Gasteiger partial charge is 0.330 e. The summed E-state index contributed by atoms with van der Waals surface area (Å²) in [6.07, 6.45) is 0. The number of carbonyl (C=O) groups is 2. The molecule has 1 aliphatic heterocycles. The van der Waals surface area contributed by atoms with Crippen LogP contribution in [0.2, 0.25) is 0 Å². The maximum atomic E-state index is 13.0. The summed E-state index contributed by atoms with van der Waals surface area (Å²) in [6.45, 7) is 1.29. The normalized spacial score (nSPS) is 17.4. The van der Waals surface area contributed by atoms with Crippen LogP contribution in [0.15, 0.2) is 54.6 Å². The van der Waals surface area contributed by atoms with Crippen LogP contribution in [0.1, 0.15) is 5.56 Å². The SMILES string of the molecule is COCOc1cccc(N2C(=O)CN(Cc3ccccc3)CC2C(=O)OC)c1. The van der Waals surface area contributed by atoms with Gasteiger partial charge in [0.25, 0.3) is 0 Å². The molecule has 1 atom stereocenters. The Labute approximate surface area is 164 Å². The third-order valence-electron chi connectivity index (χ3n) is 4.53. The Morgan fingerprint density at radius 3 is 2.61 bits per heavy atom. The molecule has 2 aromatic rings. The van der Waals surface area contributed by atoms with Crippen LogP contribution < -0.4 is 9.64 Å². The van der Waals surface area contributed by atoms with Crippen LogP contribution in [0, 0.1) is 0 Å². The molecular weight excluding hydrogens is 360 g/mol. The fraction of sp³-hybridized carbons (Fsp3) is 0.333. The number of esters is 1. The van der Waals surface area contributed by atoms with Crippen LogP contribution >= 0.6 is 0 Å². The van der Waals surface area contributed by atoms with Gasteiger partial charge in [-0.05, 0) is 17.7 Å². The van der Waals surface area contributed by atoms with Gasteiger partial charge >= 0.3 is 5.97 Å². The number of carbonyl (C=O) groups excluding carboxylic acids is 2. The maximum absolute atomic E-state index is 13.0. The minimum Gasteiger partial charge on any atom is -0.467 e. The molecule has 1 unspecified atom stereocenters. The van der Waals surface area contributed by atoms with Crippen molar-refractivity contribution < 1.29 is 23.8 Å². The monoisotopic (exact) mass is 384 g/mol. The van der Waals surface area contributed by atoms with Crippen molar-refractivity contribution >= 4 is 17.6 Å². The van der Waals surface area contributed by atoms with Gasteiger partial charge in [0, 0.05) is 32.0 Å². The Kier molecular flexibility index (Phi) is 6.62. The Morgan fingerprint density at radius 1 is 1.11 bits per heavy atom. The highest BCUT2D eigenvalue weighted by Crippen LogP contribution is 2.27. The molecule has 7 nitrogen and oxygen atoms in total. The molecule has 0 saturated carbocycles. The molecule has 2 aromatic carbocycles. The predicted molar refractivity (Wildman–Crippen MR) is 104 cm³/mol. The van der Waals surface area contributed by atoms with Crippen LogP contribution in [-0.2, 0) is 25.6 Å². The van der Waals surface area contributed by atoms with Gasteiger partial charge in [0.1, 0.15) is 11.8 Å². The summed E-state index contributed by atoms with van der Waals surface area (Å²) in [5.41, 5.74) is 1.68. The van der Waals surface area contributed by atoms with Gasteiger partial charge in [0.15, 0.2) is 6.79 Å². The zero-order chi connectivity index (χ0) is 19.9. The van der Waals surface area contributed by atoms with E-state index in [1.54, 1.807) is 24.3 Å². The summed E-state index contributed by atoms with van der Waals surface area (Å²) in [6, 6.07) is 16.2. The first kappa shape index (κ1) is 19.9. The summed E-state index contributed by atoms with van der Waals surface area (Å²) >= 11 is 0. The summed E-state index contributed by atoms with van der Waals surface area (Å²) in [5, 5.41) is 0. The van der Waals surface area contributed by atoms with Crippen LogP contribution in [0.4, 0.5) is 5.69 Å². The van der Waals surface area contributed by atoms with Gasteiger partial charge in [-0.1, -0.05) is 36.4 Å². The zero-order valence-corrected chi connectivity index (χ0v) is 16.0. The second-order valence-corrected chi connectivity index (χ2v) is 6.51. The van der Waals surface area contributed by atoms with E-state index in [-0.39, 0.29) is 19.2 Å². The topological polar surface area (TPSA) is 68.3 Å². The van der Waals surface area contributed by atoms with E-state index in [1.165, 1.54) is 19.1 Å². The molecule has 0 spiro atoms. The number of nitrogens with zero attached hydrogens (tertiary/aromatic N) is 2. The first-order valence-electron chi connectivity index (χ1n) is 9.00. The molecule has 7 heteroatoms. The Bertz CT molecular complexity index is 811. The fourth-order valence-electron chi connectivity index (χ4n) is 3.28. The summed E-state index contributed by atoms with van der Waals surface area (Å²) in [5.74, 6) is -0.0571. The van der Waals surface area contributed by atoms with E-state index in [4.69, 9.17) is 14.2 Å². The van der Waals surface area contributed by atoms with Gasteiger partial charge < -0.3 is 14.2 Å². The lowest BCUT2D eigenvalue weighted by Gasteiger charge is -2.39. The number of methoxy groups -OCH3 is 2. The summed E-state index contributed by atoms with van der Waals surface area (Å²) < 4.78 is 15.3. The van der Waals surface area contributed by atoms with E-state index < -0.39 is 12.0 Å². The average molecular weight is 384 g/mol. The highest BCUT2D eigenvalue weighted by Gasteiger charge is 2.38. The number of hydrogen-bond acceptors (Lipinski definition) is 6. The molecule has 1 heterocycles. The van der Waals surface area contributed by atoms with Crippen LogP contribution in [0.25, 0.3) is 0 Å². The number of amides is 1. The standard InChI is InChI=1S/C21H24N2O5/c1-26-15-28-18-10-6-9-17(11-18)23-19(21(25)27-2)13-22(14-20(23)24)12-16-7-4-3-5-8-16/h3-11,19H,12-15H2,1-2H3. The lowest BCUT2D eigenvalue weighted by Crippen LogP contribution is -2.59. The molecule has 28 heavy (non-hydrogen) atoms. The summed E-state index contributed by atoms with van der Waals surface area (Å²) in [4.78, 5) is 28.9. The van der Waals surface area contributed by atoms with Gasteiger partial charge in [-0.2, -0.15) is 0 Å². The Balaban J connectivity index is 1.82. The molecule has 0 radical (unpaired) electrons. The van der Waals surface area contributed by atoms with E-state index in [0.717, 1.165) is 5.56 Å². The van der Waals surface area contributed by atoms with E-state index in [1.807, 2.05) is 35.2 Å². The first-order chi connectivity index (χ1) is 13.6. The highest BCUT2D eigenvalue weighted by atomic mass is 16.7. The molecular formula is C21H24N2O5. The molecule has 1 amide bonds. The minimum atomic E-state index is -0.729.